The van der Waals surface area contributed by atoms with Gasteiger partial charge >= 0.3 is 0 Å². The molecule has 1 heterocycles. The van der Waals surface area contributed by atoms with Gasteiger partial charge in [0.1, 0.15) is 5.60 Å². The van der Waals surface area contributed by atoms with Crippen LogP contribution in [0.3, 0.4) is 0 Å². The SMILES string of the molecule is CC(C)(O)C(=O)Nc1cc(-c2cccs2)ccc1N. The zero-order valence-corrected chi connectivity index (χ0v) is 11.6. The van der Waals surface area contributed by atoms with E-state index in [0.29, 0.717) is 11.4 Å². The van der Waals surface area contributed by atoms with E-state index in [1.54, 1.807) is 17.4 Å². The summed E-state index contributed by atoms with van der Waals surface area (Å²) < 4.78 is 0. The minimum atomic E-state index is -1.44. The number of thiophene rings is 1. The maximum absolute atomic E-state index is 11.8. The molecule has 1 aromatic carbocycles. The molecule has 100 valence electrons. The van der Waals surface area contributed by atoms with Crippen molar-refractivity contribution in [1.82, 2.24) is 0 Å². The highest BCUT2D eigenvalue weighted by atomic mass is 32.1. The number of benzene rings is 1. The molecule has 0 aliphatic heterocycles. The number of nitrogens with two attached hydrogens (primary N) is 1. The van der Waals surface area contributed by atoms with Gasteiger partial charge in [-0.3, -0.25) is 4.79 Å². The minimum absolute atomic E-state index is 0.470. The highest BCUT2D eigenvalue weighted by molar-refractivity contribution is 7.13. The van der Waals surface area contributed by atoms with Crippen LogP contribution in [0.15, 0.2) is 35.7 Å². The van der Waals surface area contributed by atoms with Gasteiger partial charge in [-0.1, -0.05) is 12.1 Å². The van der Waals surface area contributed by atoms with E-state index in [0.717, 1.165) is 10.4 Å². The number of hydrogen-bond acceptors (Lipinski definition) is 4. The van der Waals surface area contributed by atoms with Crippen molar-refractivity contribution in [2.45, 2.75) is 19.4 Å². The molecule has 0 spiro atoms. The first-order chi connectivity index (χ1) is 8.88. The lowest BCUT2D eigenvalue weighted by Gasteiger charge is -2.18. The second-order valence-corrected chi connectivity index (χ2v) is 5.74. The van der Waals surface area contributed by atoms with E-state index in [1.807, 2.05) is 29.6 Å². The molecule has 1 aromatic heterocycles. The third-order valence-electron chi connectivity index (χ3n) is 2.66. The van der Waals surface area contributed by atoms with E-state index in [9.17, 15) is 9.90 Å². The monoisotopic (exact) mass is 276 g/mol. The Morgan fingerprint density at radius 2 is 2.11 bits per heavy atom. The van der Waals surface area contributed by atoms with Gasteiger partial charge in [0, 0.05) is 4.88 Å². The molecule has 0 unspecified atom stereocenters. The van der Waals surface area contributed by atoms with Gasteiger partial charge in [0.15, 0.2) is 0 Å². The number of anilines is 2. The summed E-state index contributed by atoms with van der Waals surface area (Å²) >= 11 is 1.61. The van der Waals surface area contributed by atoms with Gasteiger partial charge in [0.05, 0.1) is 11.4 Å². The van der Waals surface area contributed by atoms with Crippen LogP contribution in [-0.4, -0.2) is 16.6 Å². The molecule has 0 aliphatic rings. The molecule has 2 rings (SSSR count). The molecule has 1 amide bonds. The highest BCUT2D eigenvalue weighted by Crippen LogP contribution is 2.30. The Morgan fingerprint density at radius 1 is 1.37 bits per heavy atom. The first kappa shape index (κ1) is 13.6. The summed E-state index contributed by atoms with van der Waals surface area (Å²) in [5.74, 6) is -0.484. The molecule has 4 nitrogen and oxygen atoms in total. The molecule has 5 heteroatoms. The number of nitrogens with one attached hydrogen (secondary N) is 1. The Balaban J connectivity index is 2.31. The quantitative estimate of drug-likeness (QED) is 0.754. The average molecular weight is 276 g/mol. The zero-order chi connectivity index (χ0) is 14.0. The van der Waals surface area contributed by atoms with Crippen molar-refractivity contribution in [2.24, 2.45) is 0 Å². The molecule has 0 bridgehead atoms. The van der Waals surface area contributed by atoms with Crippen molar-refractivity contribution in [3.8, 4) is 10.4 Å². The number of carbonyl (C=O) groups is 1. The largest absolute Gasteiger partial charge is 0.397 e. The van der Waals surface area contributed by atoms with E-state index in [-0.39, 0.29) is 0 Å². The average Bonchev–Trinajstić information content (AvgIpc) is 2.84. The van der Waals surface area contributed by atoms with Gasteiger partial charge in [-0.2, -0.15) is 0 Å². The molecule has 0 saturated carbocycles. The summed E-state index contributed by atoms with van der Waals surface area (Å²) in [6.45, 7) is 2.86. The fourth-order valence-electron chi connectivity index (χ4n) is 1.54. The van der Waals surface area contributed by atoms with Crippen molar-refractivity contribution in [3.05, 3.63) is 35.7 Å². The van der Waals surface area contributed by atoms with Crippen LogP contribution in [0.25, 0.3) is 10.4 Å². The van der Waals surface area contributed by atoms with Crippen molar-refractivity contribution < 1.29 is 9.90 Å². The normalized spacial score (nSPS) is 11.3. The third-order valence-corrected chi connectivity index (χ3v) is 3.58. The van der Waals surface area contributed by atoms with E-state index in [1.165, 1.54) is 13.8 Å². The molecule has 2 aromatic rings. The van der Waals surface area contributed by atoms with Gasteiger partial charge in [-0.25, -0.2) is 0 Å². The number of nitrogen functional groups attached to an aromatic ring is 1. The summed E-state index contributed by atoms with van der Waals surface area (Å²) in [5.41, 5.74) is 6.37. The van der Waals surface area contributed by atoms with Gasteiger partial charge < -0.3 is 16.2 Å². The standard InChI is InChI=1S/C14H16N2O2S/c1-14(2,18)13(17)16-11-8-9(5-6-10(11)15)12-4-3-7-19-12/h3-8,18H,15H2,1-2H3,(H,16,17). The molecule has 19 heavy (non-hydrogen) atoms. The number of carbonyl (C=O) groups excluding carboxylic acids is 1. The molecule has 0 aliphatic carbocycles. The molecule has 0 fully saturated rings. The Morgan fingerprint density at radius 3 is 2.68 bits per heavy atom. The van der Waals surface area contributed by atoms with Gasteiger partial charge in [0.25, 0.3) is 5.91 Å². The van der Waals surface area contributed by atoms with Gasteiger partial charge in [-0.05, 0) is 43.0 Å². The third kappa shape index (κ3) is 3.13. The van der Waals surface area contributed by atoms with Crippen LogP contribution in [0.5, 0.6) is 0 Å². The van der Waals surface area contributed by atoms with Crippen LogP contribution in [0.1, 0.15) is 13.8 Å². The van der Waals surface area contributed by atoms with Crippen LogP contribution < -0.4 is 11.1 Å². The minimum Gasteiger partial charge on any atom is -0.397 e. The predicted octanol–water partition coefficient (Wildman–Crippen LogP) is 2.71. The highest BCUT2D eigenvalue weighted by Gasteiger charge is 2.24. The predicted molar refractivity (Wildman–Crippen MR) is 79.1 cm³/mol. The van der Waals surface area contributed by atoms with E-state index >= 15 is 0 Å². The molecular weight excluding hydrogens is 260 g/mol. The Hall–Kier alpha value is -1.85. The zero-order valence-electron chi connectivity index (χ0n) is 10.8. The van der Waals surface area contributed by atoms with Gasteiger partial charge in [0.2, 0.25) is 0 Å². The van der Waals surface area contributed by atoms with Crippen molar-refractivity contribution in [1.29, 1.82) is 0 Å². The van der Waals surface area contributed by atoms with Crippen LogP contribution in [0.4, 0.5) is 11.4 Å². The maximum Gasteiger partial charge on any atom is 0.255 e. The number of hydrogen-bond donors (Lipinski definition) is 3. The fourth-order valence-corrected chi connectivity index (χ4v) is 2.26. The second kappa shape index (κ2) is 5.03. The first-order valence-corrected chi connectivity index (χ1v) is 6.73. The smallest absolute Gasteiger partial charge is 0.255 e. The second-order valence-electron chi connectivity index (χ2n) is 4.79. The molecule has 0 radical (unpaired) electrons. The molecule has 0 atom stereocenters. The topological polar surface area (TPSA) is 75.3 Å². The fraction of sp³-hybridized carbons (Fsp3) is 0.214. The number of aliphatic hydroxyl groups is 1. The summed E-state index contributed by atoms with van der Waals surface area (Å²) in [4.78, 5) is 12.9. The Bertz CT molecular complexity index is 586. The molecular formula is C14H16N2O2S. The van der Waals surface area contributed by atoms with Crippen LogP contribution in [-0.2, 0) is 4.79 Å². The first-order valence-electron chi connectivity index (χ1n) is 5.85. The van der Waals surface area contributed by atoms with Gasteiger partial charge in [-0.15, -0.1) is 11.3 Å². The Labute approximate surface area is 115 Å². The van der Waals surface area contributed by atoms with Crippen LogP contribution in [0.2, 0.25) is 0 Å². The molecule has 0 saturated heterocycles. The lowest BCUT2D eigenvalue weighted by molar-refractivity contribution is -0.130. The van der Waals surface area contributed by atoms with Crippen molar-refractivity contribution in [2.75, 3.05) is 11.1 Å². The van der Waals surface area contributed by atoms with Crippen molar-refractivity contribution >= 4 is 28.6 Å². The lowest BCUT2D eigenvalue weighted by Crippen LogP contribution is -2.36. The van der Waals surface area contributed by atoms with E-state index in [4.69, 9.17) is 5.73 Å². The van der Waals surface area contributed by atoms with Crippen LogP contribution >= 0.6 is 11.3 Å². The number of rotatable bonds is 3. The number of amides is 1. The van der Waals surface area contributed by atoms with E-state index < -0.39 is 11.5 Å². The summed E-state index contributed by atoms with van der Waals surface area (Å²) in [6.07, 6.45) is 0. The maximum atomic E-state index is 11.8. The summed E-state index contributed by atoms with van der Waals surface area (Å²) in [5, 5.41) is 14.3. The summed E-state index contributed by atoms with van der Waals surface area (Å²) in [6, 6.07) is 9.42. The Kier molecular flexibility index (Phi) is 3.59. The van der Waals surface area contributed by atoms with Crippen LogP contribution in [0, 0.1) is 0 Å². The summed E-state index contributed by atoms with van der Waals surface area (Å²) in [7, 11) is 0. The lowest BCUT2D eigenvalue weighted by atomic mass is 10.1. The molecule has 4 N–H and O–H groups in total. The van der Waals surface area contributed by atoms with Crippen molar-refractivity contribution in [3.63, 3.8) is 0 Å². The van der Waals surface area contributed by atoms with E-state index in [2.05, 4.69) is 5.32 Å².